The van der Waals surface area contributed by atoms with E-state index in [9.17, 15) is 17.8 Å². The quantitative estimate of drug-likeness (QED) is 0.243. The van der Waals surface area contributed by atoms with Gasteiger partial charge in [-0.2, -0.15) is 0 Å². The first kappa shape index (κ1) is 22.2. The summed E-state index contributed by atoms with van der Waals surface area (Å²) in [5.41, 5.74) is 0. The molecule has 0 atom stereocenters. The molecule has 0 radical (unpaired) electrons. The number of rotatable bonds is 6. The second kappa shape index (κ2) is 8.32. The van der Waals surface area contributed by atoms with E-state index in [2.05, 4.69) is 0 Å². The molecule has 0 aromatic heterocycles. The number of ether oxygens (including phenoxy) is 1. The number of halogens is 1. The SMILES string of the molecule is COC(=O)/C=C\P(Cl)(c1ccccc1)(c1ccccc1)c1cccc(S(=O)(=O)[O-])c1. The third kappa shape index (κ3) is 3.92. The van der Waals surface area contributed by atoms with Gasteiger partial charge in [0.15, 0.2) is 0 Å². The fraction of sp³-hybridized carbons (Fsp3) is 0.0455. The van der Waals surface area contributed by atoms with Crippen LogP contribution in [-0.2, 0) is 19.6 Å². The van der Waals surface area contributed by atoms with Crippen LogP contribution < -0.4 is 15.9 Å². The summed E-state index contributed by atoms with van der Waals surface area (Å²) in [5.74, 6) is -3.07. The van der Waals surface area contributed by atoms with E-state index in [-0.39, 0.29) is 0 Å². The fourth-order valence-electron chi connectivity index (χ4n) is 3.32. The van der Waals surface area contributed by atoms with Crippen LogP contribution in [-0.4, -0.2) is 26.0 Å². The van der Waals surface area contributed by atoms with Crippen LogP contribution in [0.4, 0.5) is 0 Å². The van der Waals surface area contributed by atoms with E-state index in [1.165, 1.54) is 31.4 Å². The zero-order valence-electron chi connectivity index (χ0n) is 16.0. The minimum atomic E-state index is -4.72. The topological polar surface area (TPSA) is 83.5 Å². The number of methoxy groups -OCH3 is 1. The predicted octanol–water partition coefficient (Wildman–Crippen LogP) is 3.26. The second-order valence-corrected chi connectivity index (χ2v) is 14.0. The van der Waals surface area contributed by atoms with Crippen LogP contribution in [0.1, 0.15) is 0 Å². The molecule has 0 unspecified atom stereocenters. The number of benzene rings is 3. The molecule has 0 aliphatic heterocycles. The molecule has 8 heteroatoms. The molecule has 0 N–H and O–H groups in total. The second-order valence-electron chi connectivity index (χ2n) is 6.54. The Morgan fingerprint density at radius 2 is 1.40 bits per heavy atom. The van der Waals surface area contributed by atoms with Gasteiger partial charge in [0.1, 0.15) is 0 Å². The molecular weight excluding hydrogens is 443 g/mol. The molecule has 3 aromatic rings. The molecule has 0 saturated heterocycles. The maximum atomic E-state index is 12.0. The molecular formula is C22H19ClO5PS-. The van der Waals surface area contributed by atoms with E-state index < -0.39 is 26.9 Å². The van der Waals surface area contributed by atoms with E-state index >= 15 is 0 Å². The van der Waals surface area contributed by atoms with Crippen LogP contribution in [0.2, 0.25) is 0 Å². The molecule has 0 saturated carbocycles. The van der Waals surface area contributed by atoms with E-state index in [1.807, 2.05) is 60.7 Å². The van der Waals surface area contributed by atoms with Crippen molar-refractivity contribution >= 4 is 49.2 Å². The van der Waals surface area contributed by atoms with Crippen molar-refractivity contribution in [1.29, 1.82) is 0 Å². The Morgan fingerprint density at radius 3 is 1.87 bits per heavy atom. The molecule has 5 nitrogen and oxygen atoms in total. The molecule has 3 rings (SSSR count). The van der Waals surface area contributed by atoms with Gasteiger partial charge in [0.05, 0.1) is 0 Å². The Kier molecular flexibility index (Phi) is 6.16. The number of esters is 1. The fourth-order valence-corrected chi connectivity index (χ4v) is 9.18. The van der Waals surface area contributed by atoms with Crippen molar-refractivity contribution in [2.24, 2.45) is 0 Å². The summed E-state index contributed by atoms with van der Waals surface area (Å²) in [4.78, 5) is 11.6. The zero-order valence-corrected chi connectivity index (χ0v) is 18.5. The molecule has 156 valence electrons. The van der Waals surface area contributed by atoms with Crippen LogP contribution in [0.3, 0.4) is 0 Å². The van der Waals surface area contributed by atoms with Crippen molar-refractivity contribution < 1.29 is 22.5 Å². The average Bonchev–Trinajstić information content (AvgIpc) is 2.78. The van der Waals surface area contributed by atoms with Gasteiger partial charge in [-0.15, -0.1) is 0 Å². The van der Waals surface area contributed by atoms with Crippen LogP contribution in [0, 0.1) is 0 Å². The first-order chi connectivity index (χ1) is 14.2. The molecule has 0 amide bonds. The molecule has 0 aliphatic rings. The first-order valence-corrected chi connectivity index (χ1v) is 13.5. The average molecular weight is 462 g/mol. The van der Waals surface area contributed by atoms with Gasteiger partial charge in [-0.1, -0.05) is 0 Å². The summed E-state index contributed by atoms with van der Waals surface area (Å²) in [6.45, 7) is 0. The standard InChI is InChI=1S/C22H20ClO5PS/c1-28-22(24)15-16-29(23,18-9-4-2-5-10-18,19-11-6-3-7-12-19)20-13-8-14-21(17-20)30(25,26)27/h2-17H,1H3,(H,25,26,27)/p-1/b16-15-. The molecule has 30 heavy (non-hydrogen) atoms. The molecule has 0 aliphatic carbocycles. The van der Waals surface area contributed by atoms with Crippen molar-refractivity contribution in [1.82, 2.24) is 0 Å². The van der Waals surface area contributed by atoms with Gasteiger partial charge in [0.2, 0.25) is 0 Å². The summed E-state index contributed by atoms with van der Waals surface area (Å²) in [7, 11) is -3.46. The van der Waals surface area contributed by atoms with Crippen LogP contribution in [0.15, 0.2) is 102 Å². The third-order valence-corrected chi connectivity index (χ3v) is 12.4. The first-order valence-electron chi connectivity index (χ1n) is 8.88. The molecule has 0 heterocycles. The van der Waals surface area contributed by atoms with Gasteiger partial charge < -0.3 is 0 Å². The van der Waals surface area contributed by atoms with Gasteiger partial charge in [-0.25, -0.2) is 0 Å². The van der Waals surface area contributed by atoms with E-state index in [0.717, 1.165) is 0 Å². The third-order valence-electron chi connectivity index (χ3n) is 4.83. The number of carbonyl (C=O) groups is 1. The predicted molar refractivity (Wildman–Crippen MR) is 120 cm³/mol. The molecule has 0 fully saturated rings. The zero-order chi connectivity index (χ0) is 21.9. The molecule has 0 bridgehead atoms. The normalized spacial score (nSPS) is 13.5. The van der Waals surface area contributed by atoms with Crippen molar-refractivity contribution in [2.45, 2.75) is 4.90 Å². The van der Waals surface area contributed by atoms with Crippen molar-refractivity contribution in [3.8, 4) is 0 Å². The van der Waals surface area contributed by atoms with Gasteiger partial charge in [-0.05, 0) is 0 Å². The van der Waals surface area contributed by atoms with Gasteiger partial charge in [-0.3, -0.25) is 0 Å². The minimum absolute atomic E-state index is 0.395. The van der Waals surface area contributed by atoms with Crippen molar-refractivity contribution in [3.05, 3.63) is 96.8 Å². The summed E-state index contributed by atoms with van der Waals surface area (Å²) < 4.78 is 39.9. The van der Waals surface area contributed by atoms with Crippen molar-refractivity contribution in [3.63, 3.8) is 0 Å². The van der Waals surface area contributed by atoms with Gasteiger partial charge >= 0.3 is 181 Å². The van der Waals surface area contributed by atoms with Crippen molar-refractivity contribution in [2.75, 3.05) is 7.11 Å². The maximum absolute atomic E-state index is 12.0. The summed E-state index contributed by atoms with van der Waals surface area (Å²) in [6.07, 6.45) is 1.24. The Bertz CT molecular complexity index is 1150. The van der Waals surface area contributed by atoms with Crippen LogP contribution >= 0.6 is 17.2 Å². The Hall–Kier alpha value is -2.50. The summed E-state index contributed by atoms with van der Waals surface area (Å²) >= 11 is 7.64. The Morgan fingerprint density at radius 1 is 0.900 bits per heavy atom. The Balaban J connectivity index is 2.50. The summed E-state index contributed by atoms with van der Waals surface area (Å²) in [6, 6.07) is 23.8. The summed E-state index contributed by atoms with van der Waals surface area (Å²) in [5, 5.41) is 1.77. The van der Waals surface area contributed by atoms with E-state index in [4.69, 9.17) is 16.0 Å². The van der Waals surface area contributed by atoms with E-state index in [1.54, 1.807) is 11.9 Å². The van der Waals surface area contributed by atoms with Crippen LogP contribution in [0.5, 0.6) is 0 Å². The van der Waals surface area contributed by atoms with Gasteiger partial charge in [0.25, 0.3) is 0 Å². The van der Waals surface area contributed by atoms with E-state index in [0.29, 0.717) is 15.9 Å². The Labute approximate surface area is 180 Å². The number of hydrogen-bond acceptors (Lipinski definition) is 5. The monoisotopic (exact) mass is 461 g/mol. The van der Waals surface area contributed by atoms with Crippen LogP contribution in [0.25, 0.3) is 0 Å². The molecule has 0 spiro atoms. The van der Waals surface area contributed by atoms with Gasteiger partial charge in [0, 0.05) is 0 Å². The molecule has 3 aromatic carbocycles. The number of carbonyl (C=O) groups excluding carboxylic acids is 1. The number of hydrogen-bond donors (Lipinski definition) is 0.